The number of aromatic amines is 1. The van der Waals surface area contributed by atoms with E-state index in [1.807, 2.05) is 24.3 Å². The van der Waals surface area contributed by atoms with E-state index in [0.29, 0.717) is 17.9 Å². The zero-order chi connectivity index (χ0) is 17.6. The summed E-state index contributed by atoms with van der Waals surface area (Å²) in [6.45, 7) is 0. The van der Waals surface area contributed by atoms with Gasteiger partial charge in [0.05, 0.1) is 7.11 Å². The molecule has 0 fully saturated rings. The number of halogens is 1. The molecule has 1 aromatic heterocycles. The molecule has 0 aliphatic heterocycles. The number of rotatable bonds is 6. The van der Waals surface area contributed by atoms with Crippen molar-refractivity contribution in [1.82, 2.24) is 20.6 Å². The van der Waals surface area contributed by atoms with Crippen molar-refractivity contribution in [2.45, 2.75) is 12.3 Å². The number of methoxy groups -OCH3 is 1. The molecular weight excluding hydrogens is 325 g/mol. The van der Waals surface area contributed by atoms with Crippen molar-refractivity contribution in [3.8, 4) is 5.75 Å². The first-order valence-corrected chi connectivity index (χ1v) is 7.59. The Hall–Kier alpha value is -3.29. The molecule has 3 rings (SSSR count). The molecule has 2 aromatic carbocycles. The van der Waals surface area contributed by atoms with Crippen molar-refractivity contribution in [2.75, 3.05) is 12.4 Å². The lowest BCUT2D eigenvalue weighted by Crippen LogP contribution is -2.24. The quantitative estimate of drug-likeness (QED) is 0.718. The summed E-state index contributed by atoms with van der Waals surface area (Å²) in [5.74, 6) is -0.593. The van der Waals surface area contributed by atoms with Crippen LogP contribution < -0.4 is 10.1 Å². The van der Waals surface area contributed by atoms with Crippen molar-refractivity contribution >= 4 is 11.6 Å². The minimum absolute atomic E-state index is 0.250. The summed E-state index contributed by atoms with van der Waals surface area (Å²) in [7, 11) is 1.56. The van der Waals surface area contributed by atoms with Crippen LogP contribution in [0.4, 0.5) is 10.1 Å². The van der Waals surface area contributed by atoms with Gasteiger partial charge in [0.25, 0.3) is 0 Å². The Morgan fingerprint density at radius 1 is 1.28 bits per heavy atom. The molecule has 0 aliphatic rings. The Morgan fingerprint density at radius 2 is 2.12 bits per heavy atom. The van der Waals surface area contributed by atoms with E-state index in [-0.39, 0.29) is 11.7 Å². The van der Waals surface area contributed by atoms with E-state index >= 15 is 0 Å². The van der Waals surface area contributed by atoms with E-state index in [1.165, 1.54) is 18.2 Å². The zero-order valence-corrected chi connectivity index (χ0v) is 13.4. The lowest BCUT2D eigenvalue weighted by molar-refractivity contribution is -0.117. The molecule has 0 bridgehead atoms. The van der Waals surface area contributed by atoms with Crippen molar-refractivity contribution in [1.29, 1.82) is 0 Å². The summed E-state index contributed by atoms with van der Waals surface area (Å²) in [6.07, 6.45) is 0.310. The van der Waals surface area contributed by atoms with Crippen LogP contribution in [-0.2, 0) is 11.2 Å². The minimum atomic E-state index is -0.710. The maximum Gasteiger partial charge on any atom is 0.235 e. The average Bonchev–Trinajstić information content (AvgIpc) is 3.14. The van der Waals surface area contributed by atoms with Gasteiger partial charge in [-0.3, -0.25) is 4.79 Å². The number of para-hydroxylation sites is 1. The third-order valence-corrected chi connectivity index (χ3v) is 3.70. The summed E-state index contributed by atoms with van der Waals surface area (Å²) < 4.78 is 18.7. The minimum Gasteiger partial charge on any atom is -0.496 e. The van der Waals surface area contributed by atoms with Gasteiger partial charge < -0.3 is 10.1 Å². The molecule has 1 heterocycles. The standard InChI is InChI=1S/C17H16FN5O2/c1-25-15-8-3-2-5-11(15)9-14(16-20-22-23-21-16)17(24)19-13-7-4-6-12(18)10-13/h2-8,10,14H,9H2,1H3,(H,19,24)(H,20,21,22,23)/t14-/m0/s1. The number of anilines is 1. The van der Waals surface area contributed by atoms with Crippen molar-refractivity contribution < 1.29 is 13.9 Å². The molecule has 7 nitrogen and oxygen atoms in total. The van der Waals surface area contributed by atoms with Gasteiger partial charge in [-0.2, -0.15) is 5.21 Å². The number of nitrogens with zero attached hydrogens (tertiary/aromatic N) is 3. The zero-order valence-electron chi connectivity index (χ0n) is 13.4. The molecule has 1 amide bonds. The van der Waals surface area contributed by atoms with Gasteiger partial charge in [-0.05, 0) is 36.2 Å². The first kappa shape index (κ1) is 16.6. The monoisotopic (exact) mass is 341 g/mol. The molecule has 0 saturated heterocycles. The fraction of sp³-hybridized carbons (Fsp3) is 0.176. The highest BCUT2D eigenvalue weighted by atomic mass is 19.1. The van der Waals surface area contributed by atoms with Gasteiger partial charge in [0, 0.05) is 5.69 Å². The topological polar surface area (TPSA) is 92.8 Å². The van der Waals surface area contributed by atoms with Gasteiger partial charge in [-0.15, -0.1) is 10.2 Å². The summed E-state index contributed by atoms with van der Waals surface area (Å²) in [4.78, 5) is 12.7. The predicted octanol–water partition coefficient (Wildman–Crippen LogP) is 2.31. The first-order valence-electron chi connectivity index (χ1n) is 7.59. The van der Waals surface area contributed by atoms with Crippen molar-refractivity contribution in [2.24, 2.45) is 0 Å². The highest BCUT2D eigenvalue weighted by Crippen LogP contribution is 2.26. The number of nitrogens with one attached hydrogen (secondary N) is 2. The van der Waals surface area contributed by atoms with E-state index in [0.717, 1.165) is 5.56 Å². The number of aromatic nitrogens is 4. The van der Waals surface area contributed by atoms with Gasteiger partial charge in [0.15, 0.2) is 5.82 Å². The summed E-state index contributed by atoms with van der Waals surface area (Å²) in [5.41, 5.74) is 1.19. The molecule has 128 valence electrons. The third kappa shape index (κ3) is 3.97. The van der Waals surface area contributed by atoms with Gasteiger partial charge in [0.1, 0.15) is 17.5 Å². The maximum absolute atomic E-state index is 13.3. The first-order chi connectivity index (χ1) is 12.2. The Kier molecular flexibility index (Phi) is 4.98. The number of carbonyl (C=O) groups is 1. The Labute approximate surface area is 143 Å². The van der Waals surface area contributed by atoms with Crippen molar-refractivity contribution in [3.05, 3.63) is 65.7 Å². The number of hydrogen-bond acceptors (Lipinski definition) is 5. The molecule has 0 aliphatic carbocycles. The molecule has 0 radical (unpaired) electrons. The highest BCUT2D eigenvalue weighted by molar-refractivity contribution is 5.95. The largest absolute Gasteiger partial charge is 0.496 e. The van der Waals surface area contributed by atoms with Crippen LogP contribution in [0.25, 0.3) is 0 Å². The van der Waals surface area contributed by atoms with E-state index < -0.39 is 11.7 Å². The van der Waals surface area contributed by atoms with Gasteiger partial charge in [-0.1, -0.05) is 29.5 Å². The second kappa shape index (κ2) is 7.52. The summed E-state index contributed by atoms with van der Waals surface area (Å²) in [6, 6.07) is 13.1. The predicted molar refractivity (Wildman–Crippen MR) is 88.6 cm³/mol. The number of ether oxygens (including phenoxy) is 1. The number of amides is 1. The number of H-pyrrole nitrogens is 1. The highest BCUT2D eigenvalue weighted by Gasteiger charge is 2.26. The van der Waals surface area contributed by atoms with E-state index in [9.17, 15) is 9.18 Å². The molecule has 8 heteroatoms. The second-order valence-corrected chi connectivity index (χ2v) is 5.34. The van der Waals surface area contributed by atoms with E-state index in [1.54, 1.807) is 13.2 Å². The average molecular weight is 341 g/mol. The normalized spacial score (nSPS) is 11.8. The second-order valence-electron chi connectivity index (χ2n) is 5.34. The third-order valence-electron chi connectivity index (χ3n) is 3.70. The van der Waals surface area contributed by atoms with Gasteiger partial charge >= 0.3 is 0 Å². The SMILES string of the molecule is COc1ccccc1C[C@H](C(=O)Nc1cccc(F)c1)c1nn[nH]n1. The lowest BCUT2D eigenvalue weighted by atomic mass is 9.97. The summed E-state index contributed by atoms with van der Waals surface area (Å²) >= 11 is 0. The fourth-order valence-electron chi connectivity index (χ4n) is 2.51. The number of hydrogen-bond donors (Lipinski definition) is 2. The van der Waals surface area contributed by atoms with Crippen LogP contribution in [0.3, 0.4) is 0 Å². The van der Waals surface area contributed by atoms with Crippen LogP contribution in [0.1, 0.15) is 17.3 Å². The fourth-order valence-corrected chi connectivity index (χ4v) is 2.51. The number of tetrazole rings is 1. The van der Waals surface area contributed by atoms with Gasteiger partial charge in [-0.25, -0.2) is 4.39 Å². The molecule has 0 saturated carbocycles. The molecule has 0 spiro atoms. The van der Waals surface area contributed by atoms with Crippen LogP contribution >= 0.6 is 0 Å². The molecule has 2 N–H and O–H groups in total. The summed E-state index contributed by atoms with van der Waals surface area (Å²) in [5, 5.41) is 16.4. The van der Waals surface area contributed by atoms with E-state index in [4.69, 9.17) is 4.74 Å². The van der Waals surface area contributed by atoms with Crippen LogP contribution in [0.15, 0.2) is 48.5 Å². The molecule has 1 atom stereocenters. The van der Waals surface area contributed by atoms with Crippen molar-refractivity contribution in [3.63, 3.8) is 0 Å². The van der Waals surface area contributed by atoms with Crippen LogP contribution in [0.2, 0.25) is 0 Å². The van der Waals surface area contributed by atoms with Gasteiger partial charge in [0.2, 0.25) is 5.91 Å². The van der Waals surface area contributed by atoms with Crippen LogP contribution in [0.5, 0.6) is 5.75 Å². The molecular formula is C17H16FN5O2. The smallest absolute Gasteiger partial charge is 0.235 e. The number of benzene rings is 2. The molecule has 25 heavy (non-hydrogen) atoms. The maximum atomic E-state index is 13.3. The van der Waals surface area contributed by atoms with Crippen LogP contribution in [-0.4, -0.2) is 33.6 Å². The van der Waals surface area contributed by atoms with Crippen LogP contribution in [0, 0.1) is 5.82 Å². The number of carbonyl (C=O) groups excluding carboxylic acids is 1. The molecule has 3 aromatic rings. The van der Waals surface area contributed by atoms with E-state index in [2.05, 4.69) is 25.9 Å². The molecule has 0 unspecified atom stereocenters. The Balaban J connectivity index is 1.86. The Bertz CT molecular complexity index is 854. The lowest BCUT2D eigenvalue weighted by Gasteiger charge is -2.15. The Morgan fingerprint density at radius 3 is 2.84 bits per heavy atom.